The van der Waals surface area contributed by atoms with Crippen LogP contribution in [0.15, 0.2) is 23.2 Å². The van der Waals surface area contributed by atoms with Crippen molar-refractivity contribution in [1.29, 1.82) is 0 Å². The van der Waals surface area contributed by atoms with Gasteiger partial charge in [0.15, 0.2) is 0 Å². The number of nitrogens with zero attached hydrogens (tertiary/aromatic N) is 1. The quantitative estimate of drug-likeness (QED) is 0.802. The summed E-state index contributed by atoms with van der Waals surface area (Å²) in [6, 6.07) is 2.66. The number of aromatic nitrogens is 1. The highest BCUT2D eigenvalue weighted by Gasteiger charge is 2.40. The molecule has 2 rings (SSSR count). The van der Waals surface area contributed by atoms with Crippen molar-refractivity contribution in [3.8, 4) is 0 Å². The minimum Gasteiger partial charge on any atom is -0.394 e. The average Bonchev–Trinajstić information content (AvgIpc) is 2.24. The Morgan fingerprint density at radius 3 is 2.71 bits per heavy atom. The number of aliphatic hydroxyl groups is 1. The maximum absolute atomic E-state index is 12.0. The molecule has 1 saturated carbocycles. The summed E-state index contributed by atoms with van der Waals surface area (Å²) in [6.07, 6.45) is 3.56. The fourth-order valence-corrected chi connectivity index (χ4v) is 3.49. The molecular weight excluding hydrogens is 264 g/mol. The van der Waals surface area contributed by atoms with E-state index in [1.54, 1.807) is 0 Å². The summed E-state index contributed by atoms with van der Waals surface area (Å²) in [5, 5.41) is 9.36. The summed E-state index contributed by atoms with van der Waals surface area (Å²) in [7, 11) is -3.65. The molecule has 5 nitrogen and oxygen atoms in total. The maximum Gasteiger partial charge on any atom is 0.241 e. The molecule has 0 atom stereocenters. The third-order valence-corrected chi connectivity index (χ3v) is 4.76. The molecule has 1 heterocycles. The molecule has 0 spiro atoms. The van der Waals surface area contributed by atoms with Gasteiger partial charge in [0.1, 0.15) is 5.15 Å². The Kier molecular flexibility index (Phi) is 3.40. The zero-order valence-corrected chi connectivity index (χ0v) is 10.6. The van der Waals surface area contributed by atoms with Gasteiger partial charge in [0.05, 0.1) is 17.0 Å². The zero-order valence-electron chi connectivity index (χ0n) is 9.06. The van der Waals surface area contributed by atoms with Crippen LogP contribution in [0.3, 0.4) is 0 Å². The van der Waals surface area contributed by atoms with Crippen LogP contribution in [0, 0.1) is 0 Å². The highest BCUT2D eigenvalue weighted by molar-refractivity contribution is 7.89. The predicted molar refractivity (Wildman–Crippen MR) is 63.2 cm³/mol. The van der Waals surface area contributed by atoms with E-state index in [2.05, 4.69) is 9.71 Å². The summed E-state index contributed by atoms with van der Waals surface area (Å²) in [5.74, 6) is 0. The van der Waals surface area contributed by atoms with Gasteiger partial charge in [-0.3, -0.25) is 0 Å². The number of hydrogen-bond donors (Lipinski definition) is 2. The van der Waals surface area contributed by atoms with Gasteiger partial charge in [-0.25, -0.2) is 18.1 Å². The molecule has 0 unspecified atom stereocenters. The second kappa shape index (κ2) is 4.53. The molecule has 0 amide bonds. The summed E-state index contributed by atoms with van der Waals surface area (Å²) in [5.41, 5.74) is -0.700. The van der Waals surface area contributed by atoms with Crippen LogP contribution in [-0.4, -0.2) is 30.7 Å². The second-order valence-electron chi connectivity index (χ2n) is 4.21. The topological polar surface area (TPSA) is 79.3 Å². The number of sulfonamides is 1. The molecule has 17 heavy (non-hydrogen) atoms. The number of hydrogen-bond acceptors (Lipinski definition) is 4. The van der Waals surface area contributed by atoms with E-state index >= 15 is 0 Å². The Hall–Kier alpha value is -0.690. The molecule has 0 saturated heterocycles. The molecule has 0 radical (unpaired) electrons. The standard InChI is InChI=1S/C10H13ClN2O3S/c11-9-6-8(2-5-12-9)17(15,16)13-10(7-14)3-1-4-10/h2,5-6,13-14H,1,3-4,7H2. The van der Waals surface area contributed by atoms with Gasteiger partial charge in [0, 0.05) is 6.20 Å². The van der Waals surface area contributed by atoms with Crippen LogP contribution in [0.25, 0.3) is 0 Å². The predicted octanol–water partition coefficient (Wildman–Crippen LogP) is 0.928. The Labute approximate surface area is 105 Å². The number of rotatable bonds is 4. The zero-order chi connectivity index (χ0) is 12.5. The van der Waals surface area contributed by atoms with Gasteiger partial charge >= 0.3 is 0 Å². The van der Waals surface area contributed by atoms with Gasteiger partial charge in [0.25, 0.3) is 0 Å². The summed E-state index contributed by atoms with van der Waals surface area (Å²) >= 11 is 5.65. The first kappa shape index (κ1) is 12.8. The van der Waals surface area contributed by atoms with Crippen LogP contribution in [0.1, 0.15) is 19.3 Å². The van der Waals surface area contributed by atoms with Crippen molar-refractivity contribution < 1.29 is 13.5 Å². The summed E-state index contributed by atoms with van der Waals surface area (Å²) < 4.78 is 26.6. The first-order chi connectivity index (χ1) is 7.97. The van der Waals surface area contributed by atoms with Crippen molar-refractivity contribution >= 4 is 21.6 Å². The fraction of sp³-hybridized carbons (Fsp3) is 0.500. The first-order valence-electron chi connectivity index (χ1n) is 5.24. The van der Waals surface area contributed by atoms with E-state index in [0.29, 0.717) is 12.8 Å². The lowest BCUT2D eigenvalue weighted by Crippen LogP contribution is -2.55. The molecule has 1 aliphatic carbocycles. The van der Waals surface area contributed by atoms with Gasteiger partial charge in [-0.1, -0.05) is 11.6 Å². The molecule has 1 aromatic rings. The van der Waals surface area contributed by atoms with Crippen LogP contribution < -0.4 is 4.72 Å². The minimum atomic E-state index is -3.65. The molecule has 7 heteroatoms. The third-order valence-electron chi connectivity index (χ3n) is 2.97. The van der Waals surface area contributed by atoms with E-state index in [4.69, 9.17) is 11.6 Å². The summed E-state index contributed by atoms with van der Waals surface area (Å²) in [4.78, 5) is 3.79. The lowest BCUT2D eigenvalue weighted by molar-refractivity contribution is 0.110. The van der Waals surface area contributed by atoms with E-state index < -0.39 is 15.6 Å². The molecule has 1 aromatic heterocycles. The molecule has 1 aliphatic rings. The van der Waals surface area contributed by atoms with Crippen LogP contribution in [0.4, 0.5) is 0 Å². The highest BCUT2D eigenvalue weighted by Crippen LogP contribution is 2.32. The Morgan fingerprint density at radius 1 is 1.53 bits per heavy atom. The Morgan fingerprint density at radius 2 is 2.24 bits per heavy atom. The molecule has 0 aliphatic heterocycles. The minimum absolute atomic E-state index is 0.0669. The van der Waals surface area contributed by atoms with Crippen molar-refractivity contribution in [3.05, 3.63) is 23.5 Å². The number of halogens is 1. The van der Waals surface area contributed by atoms with Gasteiger partial charge < -0.3 is 5.11 Å². The number of aliphatic hydroxyl groups excluding tert-OH is 1. The number of pyridine rings is 1. The van der Waals surface area contributed by atoms with E-state index in [9.17, 15) is 13.5 Å². The van der Waals surface area contributed by atoms with Crippen LogP contribution in [0.5, 0.6) is 0 Å². The lowest BCUT2D eigenvalue weighted by Gasteiger charge is -2.40. The molecule has 1 fully saturated rings. The van der Waals surface area contributed by atoms with Crippen LogP contribution in [-0.2, 0) is 10.0 Å². The van der Waals surface area contributed by atoms with Gasteiger partial charge in [0.2, 0.25) is 10.0 Å². The highest BCUT2D eigenvalue weighted by atomic mass is 35.5. The molecule has 2 N–H and O–H groups in total. The first-order valence-corrected chi connectivity index (χ1v) is 7.10. The van der Waals surface area contributed by atoms with E-state index in [0.717, 1.165) is 6.42 Å². The lowest BCUT2D eigenvalue weighted by atomic mass is 9.78. The third kappa shape index (κ3) is 2.60. The molecule has 0 aromatic carbocycles. The fourth-order valence-electron chi connectivity index (χ4n) is 1.79. The SMILES string of the molecule is O=S(=O)(NC1(CO)CCC1)c1ccnc(Cl)c1. The second-order valence-corrected chi connectivity index (χ2v) is 6.28. The normalized spacial score (nSPS) is 18.7. The average molecular weight is 277 g/mol. The smallest absolute Gasteiger partial charge is 0.241 e. The van der Waals surface area contributed by atoms with Gasteiger partial charge in [-0.15, -0.1) is 0 Å². The Balaban J connectivity index is 2.25. The van der Waals surface area contributed by atoms with Crippen LogP contribution in [0.2, 0.25) is 5.15 Å². The largest absolute Gasteiger partial charge is 0.394 e. The van der Waals surface area contributed by atoms with Gasteiger partial charge in [-0.05, 0) is 31.4 Å². The monoisotopic (exact) mass is 276 g/mol. The summed E-state index contributed by atoms with van der Waals surface area (Å²) in [6.45, 7) is -0.189. The van der Waals surface area contributed by atoms with E-state index in [1.807, 2.05) is 0 Å². The Bertz CT molecular complexity index is 509. The van der Waals surface area contributed by atoms with E-state index in [-0.39, 0.29) is 16.7 Å². The molecule has 0 bridgehead atoms. The van der Waals surface area contributed by atoms with Crippen molar-refractivity contribution in [1.82, 2.24) is 9.71 Å². The maximum atomic E-state index is 12.0. The van der Waals surface area contributed by atoms with Gasteiger partial charge in [-0.2, -0.15) is 0 Å². The van der Waals surface area contributed by atoms with Crippen molar-refractivity contribution in [3.63, 3.8) is 0 Å². The van der Waals surface area contributed by atoms with Crippen LogP contribution >= 0.6 is 11.6 Å². The van der Waals surface area contributed by atoms with E-state index in [1.165, 1.54) is 18.3 Å². The van der Waals surface area contributed by atoms with Crippen molar-refractivity contribution in [2.75, 3.05) is 6.61 Å². The molecular formula is C10H13ClN2O3S. The number of nitrogens with one attached hydrogen (secondary N) is 1. The van der Waals surface area contributed by atoms with Crippen molar-refractivity contribution in [2.45, 2.75) is 29.7 Å². The molecule has 94 valence electrons. The van der Waals surface area contributed by atoms with Crippen molar-refractivity contribution in [2.24, 2.45) is 0 Å².